The van der Waals surface area contributed by atoms with Crippen molar-refractivity contribution >= 4 is 5.97 Å². The fraction of sp³-hybridized carbons (Fsp3) is 0.308. The highest BCUT2D eigenvalue weighted by Crippen LogP contribution is 2.09. The lowest BCUT2D eigenvalue weighted by Crippen LogP contribution is -2.16. The van der Waals surface area contributed by atoms with Gasteiger partial charge < -0.3 is 4.74 Å². The van der Waals surface area contributed by atoms with Crippen molar-refractivity contribution in [2.45, 2.75) is 25.9 Å². The van der Waals surface area contributed by atoms with E-state index in [0.717, 1.165) is 0 Å². The van der Waals surface area contributed by atoms with E-state index in [1.165, 1.54) is 0 Å². The average Bonchev–Trinajstić information content (AvgIpc) is 2.38. The van der Waals surface area contributed by atoms with Gasteiger partial charge in [0.2, 0.25) is 0 Å². The van der Waals surface area contributed by atoms with Gasteiger partial charge in [0.05, 0.1) is 29.7 Å². The number of esters is 1. The maximum atomic E-state index is 11.7. The normalized spacial score (nSPS) is 11.0. The Kier molecular flexibility index (Phi) is 4.72. The molecular weight excluding hydrogens is 216 g/mol. The molecule has 86 valence electrons. The predicted molar refractivity (Wildman–Crippen MR) is 60.9 cm³/mol. The van der Waals surface area contributed by atoms with E-state index in [-0.39, 0.29) is 12.5 Å². The smallest absolute Gasteiger partial charge is 0.338 e. The van der Waals surface area contributed by atoms with Gasteiger partial charge in [0.15, 0.2) is 0 Å². The molecule has 0 N–H and O–H groups in total. The minimum Gasteiger partial charge on any atom is -0.458 e. The molecule has 1 aromatic carbocycles. The minimum atomic E-state index is -0.461. The second-order valence-electron chi connectivity index (χ2n) is 3.49. The first kappa shape index (κ1) is 12.7. The lowest BCUT2D eigenvalue weighted by molar-refractivity contribution is 0.0304. The standard InChI is InChI=1S/C13H12N2O2/c1-2-12(7-8-14)17-13(16)11-5-3-10(9-15)4-6-11/h3-6,12H,2,7H2,1H3. The van der Waals surface area contributed by atoms with Gasteiger partial charge in [-0.25, -0.2) is 4.79 Å². The van der Waals surface area contributed by atoms with Crippen LogP contribution in [0.15, 0.2) is 24.3 Å². The molecule has 0 aliphatic heterocycles. The summed E-state index contributed by atoms with van der Waals surface area (Å²) in [5.41, 5.74) is 0.881. The molecule has 0 spiro atoms. The number of hydrogen-bond acceptors (Lipinski definition) is 4. The Morgan fingerprint density at radius 2 is 2.00 bits per heavy atom. The van der Waals surface area contributed by atoms with Gasteiger partial charge in [0, 0.05) is 0 Å². The molecule has 0 radical (unpaired) electrons. The Labute approximate surface area is 100 Å². The van der Waals surface area contributed by atoms with Crippen molar-refractivity contribution in [1.29, 1.82) is 10.5 Å². The number of carbonyl (C=O) groups excluding carboxylic acids is 1. The Morgan fingerprint density at radius 3 is 2.47 bits per heavy atom. The summed E-state index contributed by atoms with van der Waals surface area (Å²) in [6, 6.07) is 10.1. The summed E-state index contributed by atoms with van der Waals surface area (Å²) in [5.74, 6) is -0.461. The SMILES string of the molecule is CCC(CC#N)OC(=O)c1ccc(C#N)cc1. The van der Waals surface area contributed by atoms with Crippen molar-refractivity contribution < 1.29 is 9.53 Å². The van der Waals surface area contributed by atoms with E-state index in [0.29, 0.717) is 17.5 Å². The van der Waals surface area contributed by atoms with Crippen molar-refractivity contribution in [1.82, 2.24) is 0 Å². The Balaban J connectivity index is 2.70. The van der Waals surface area contributed by atoms with Gasteiger partial charge in [-0.1, -0.05) is 6.92 Å². The molecule has 1 atom stereocenters. The van der Waals surface area contributed by atoms with E-state index < -0.39 is 5.97 Å². The molecule has 4 heteroatoms. The highest BCUT2D eigenvalue weighted by atomic mass is 16.5. The van der Waals surface area contributed by atoms with E-state index in [1.54, 1.807) is 24.3 Å². The Morgan fingerprint density at radius 1 is 1.35 bits per heavy atom. The lowest BCUT2D eigenvalue weighted by atomic mass is 10.1. The first-order valence-electron chi connectivity index (χ1n) is 5.29. The van der Waals surface area contributed by atoms with Crippen molar-refractivity contribution in [2.24, 2.45) is 0 Å². The van der Waals surface area contributed by atoms with Gasteiger partial charge in [-0.2, -0.15) is 10.5 Å². The molecule has 0 bridgehead atoms. The van der Waals surface area contributed by atoms with Crippen molar-refractivity contribution in [3.63, 3.8) is 0 Å². The van der Waals surface area contributed by atoms with Crippen molar-refractivity contribution in [3.8, 4) is 12.1 Å². The second-order valence-corrected chi connectivity index (χ2v) is 3.49. The van der Waals surface area contributed by atoms with Crippen LogP contribution in [0.1, 0.15) is 35.7 Å². The first-order chi connectivity index (χ1) is 8.21. The van der Waals surface area contributed by atoms with E-state index in [4.69, 9.17) is 15.3 Å². The molecule has 1 unspecified atom stereocenters. The molecule has 17 heavy (non-hydrogen) atoms. The maximum absolute atomic E-state index is 11.7. The summed E-state index contributed by atoms with van der Waals surface area (Å²) in [6.45, 7) is 1.86. The van der Waals surface area contributed by atoms with Crippen LogP contribution < -0.4 is 0 Å². The van der Waals surface area contributed by atoms with Crippen LogP contribution in [-0.2, 0) is 4.74 Å². The summed E-state index contributed by atoms with van der Waals surface area (Å²) in [7, 11) is 0. The maximum Gasteiger partial charge on any atom is 0.338 e. The van der Waals surface area contributed by atoms with Crippen LogP contribution in [0.5, 0.6) is 0 Å². The largest absolute Gasteiger partial charge is 0.458 e. The number of nitriles is 2. The van der Waals surface area contributed by atoms with E-state index in [1.807, 2.05) is 19.1 Å². The van der Waals surface area contributed by atoms with E-state index >= 15 is 0 Å². The van der Waals surface area contributed by atoms with Gasteiger partial charge >= 0.3 is 5.97 Å². The van der Waals surface area contributed by atoms with E-state index in [2.05, 4.69) is 0 Å². The first-order valence-corrected chi connectivity index (χ1v) is 5.29. The molecule has 0 saturated heterocycles. The molecule has 0 aliphatic carbocycles. The number of rotatable bonds is 4. The average molecular weight is 228 g/mol. The zero-order valence-corrected chi connectivity index (χ0v) is 9.51. The fourth-order valence-corrected chi connectivity index (χ4v) is 1.27. The highest BCUT2D eigenvalue weighted by Gasteiger charge is 2.13. The Hall–Kier alpha value is -2.33. The summed E-state index contributed by atoms with van der Waals surface area (Å²) in [5, 5.41) is 17.2. The highest BCUT2D eigenvalue weighted by molar-refractivity contribution is 5.89. The summed E-state index contributed by atoms with van der Waals surface area (Å²) >= 11 is 0. The summed E-state index contributed by atoms with van der Waals surface area (Å²) in [6.07, 6.45) is 0.428. The topological polar surface area (TPSA) is 73.9 Å². The summed E-state index contributed by atoms with van der Waals surface area (Å²) in [4.78, 5) is 11.7. The number of nitrogens with zero attached hydrogens (tertiary/aromatic N) is 2. The van der Waals surface area contributed by atoms with Gasteiger partial charge in [0.25, 0.3) is 0 Å². The molecule has 0 aliphatic rings. The van der Waals surface area contributed by atoms with Gasteiger partial charge in [0.1, 0.15) is 6.10 Å². The zero-order chi connectivity index (χ0) is 12.7. The molecule has 1 rings (SSSR count). The zero-order valence-electron chi connectivity index (χ0n) is 9.51. The lowest BCUT2D eigenvalue weighted by Gasteiger charge is -2.12. The minimum absolute atomic E-state index is 0.193. The molecular formula is C13H12N2O2. The van der Waals surface area contributed by atoms with Crippen LogP contribution in [0.25, 0.3) is 0 Å². The summed E-state index contributed by atoms with van der Waals surface area (Å²) < 4.78 is 5.16. The molecule has 0 aromatic heterocycles. The molecule has 4 nitrogen and oxygen atoms in total. The second kappa shape index (κ2) is 6.30. The van der Waals surface area contributed by atoms with Crippen LogP contribution in [0.4, 0.5) is 0 Å². The van der Waals surface area contributed by atoms with Crippen LogP contribution in [-0.4, -0.2) is 12.1 Å². The Bertz CT molecular complexity index is 466. The number of benzene rings is 1. The third-order valence-electron chi connectivity index (χ3n) is 2.30. The molecule has 1 aromatic rings. The third kappa shape index (κ3) is 3.62. The van der Waals surface area contributed by atoms with Crippen LogP contribution in [0.2, 0.25) is 0 Å². The molecule has 0 fully saturated rings. The quantitative estimate of drug-likeness (QED) is 0.741. The molecule has 0 heterocycles. The monoisotopic (exact) mass is 228 g/mol. The van der Waals surface area contributed by atoms with Crippen LogP contribution >= 0.6 is 0 Å². The van der Waals surface area contributed by atoms with Gasteiger partial charge in [-0.05, 0) is 30.7 Å². The van der Waals surface area contributed by atoms with Crippen LogP contribution in [0, 0.1) is 22.7 Å². The number of hydrogen-bond donors (Lipinski definition) is 0. The number of carbonyl (C=O) groups is 1. The third-order valence-corrected chi connectivity index (χ3v) is 2.30. The van der Waals surface area contributed by atoms with Gasteiger partial charge in [-0.15, -0.1) is 0 Å². The van der Waals surface area contributed by atoms with Gasteiger partial charge in [-0.3, -0.25) is 0 Å². The molecule has 0 saturated carbocycles. The fourth-order valence-electron chi connectivity index (χ4n) is 1.27. The van der Waals surface area contributed by atoms with Crippen molar-refractivity contribution in [2.75, 3.05) is 0 Å². The number of ether oxygens (including phenoxy) is 1. The van der Waals surface area contributed by atoms with Crippen LogP contribution in [0.3, 0.4) is 0 Å². The molecule has 0 amide bonds. The van der Waals surface area contributed by atoms with Crippen molar-refractivity contribution in [3.05, 3.63) is 35.4 Å². The predicted octanol–water partition coefficient (Wildman–Crippen LogP) is 2.41. The van der Waals surface area contributed by atoms with E-state index in [9.17, 15) is 4.79 Å².